The number of carbonyl (C=O) groups is 2. The third-order valence-corrected chi connectivity index (χ3v) is 3.12. The molecule has 128 valence electrons. The molecule has 0 aliphatic carbocycles. The lowest BCUT2D eigenvalue weighted by molar-refractivity contribution is -0.146. The Balaban J connectivity index is 2.92. The summed E-state index contributed by atoms with van der Waals surface area (Å²) in [5.74, 6) is -1.46. The van der Waals surface area contributed by atoms with E-state index in [9.17, 15) is 18.0 Å². The van der Waals surface area contributed by atoms with Gasteiger partial charge in [0.05, 0.1) is 13.1 Å². The highest BCUT2D eigenvalue weighted by Gasteiger charge is 2.41. The van der Waals surface area contributed by atoms with Crippen molar-refractivity contribution in [1.29, 1.82) is 0 Å². The molecule has 0 aromatic carbocycles. The molecule has 0 radical (unpaired) electrons. The smallest absolute Gasteiger partial charge is 0.496 e. The van der Waals surface area contributed by atoms with E-state index in [0.717, 1.165) is 0 Å². The molecule has 1 N–H and O–H groups in total. The second-order valence-corrected chi connectivity index (χ2v) is 5.85. The molecular weight excluding hydrogens is 329 g/mol. The predicted octanol–water partition coefficient (Wildman–Crippen LogP) is -0.244. The van der Waals surface area contributed by atoms with Gasteiger partial charge in [-0.2, -0.15) is 8.42 Å². The van der Waals surface area contributed by atoms with Gasteiger partial charge in [-0.3, -0.25) is 19.0 Å². The number of allylic oxidation sites excluding steroid dienone is 2. The Morgan fingerprint density at radius 1 is 1.35 bits per heavy atom. The van der Waals surface area contributed by atoms with Crippen molar-refractivity contribution in [1.82, 2.24) is 4.90 Å². The van der Waals surface area contributed by atoms with E-state index in [2.05, 4.69) is 10.8 Å². The Hall–Kier alpha value is -1.69. The summed E-state index contributed by atoms with van der Waals surface area (Å²) in [5, 5.41) is 0. The van der Waals surface area contributed by atoms with Crippen LogP contribution < -0.4 is 0 Å². The van der Waals surface area contributed by atoms with Crippen molar-refractivity contribution in [3.63, 3.8) is 0 Å². The largest absolute Gasteiger partial charge is 0.635 e. The van der Waals surface area contributed by atoms with Crippen LogP contribution in [-0.4, -0.2) is 63.1 Å². The summed E-state index contributed by atoms with van der Waals surface area (Å²) < 4.78 is 44.9. The van der Waals surface area contributed by atoms with Crippen LogP contribution in [0.4, 0.5) is 0 Å². The van der Waals surface area contributed by atoms with Crippen molar-refractivity contribution < 1.29 is 36.1 Å². The van der Waals surface area contributed by atoms with Crippen molar-refractivity contribution in [2.45, 2.75) is 18.8 Å². The van der Waals surface area contributed by atoms with E-state index in [1.807, 2.05) is 0 Å². The molecule has 1 fully saturated rings. The lowest BCUT2D eigenvalue weighted by Crippen LogP contribution is -2.48. The van der Waals surface area contributed by atoms with Gasteiger partial charge in [-0.25, -0.2) is 4.18 Å². The Kier molecular flexibility index (Phi) is 7.42. The van der Waals surface area contributed by atoms with Crippen LogP contribution in [0, 0.1) is 0 Å². The normalized spacial score (nSPS) is 19.0. The monoisotopic (exact) mass is 347 g/mol. The molecule has 1 aliphatic rings. The minimum Gasteiger partial charge on any atom is -0.496 e. The second kappa shape index (κ2) is 8.82. The van der Waals surface area contributed by atoms with Gasteiger partial charge in [-0.15, -0.1) is 6.58 Å². The number of unbranched alkanes of at least 4 members (excludes halogenated alkanes) is 1. The van der Waals surface area contributed by atoms with Gasteiger partial charge >= 0.3 is 29.5 Å². The number of likely N-dealkylation sites (N-methyl/N-ethyl adjacent to an activating group) is 1. The molecule has 1 heterocycles. The molecule has 0 amide bonds. The minimum atomic E-state index is -4.85. The average molecular weight is 347 g/mol. The summed E-state index contributed by atoms with van der Waals surface area (Å²) in [6.45, 7) is 3.18. The fourth-order valence-corrected chi connectivity index (χ4v) is 2.18. The van der Waals surface area contributed by atoms with Crippen LogP contribution in [-0.2, 0) is 33.5 Å². The van der Waals surface area contributed by atoms with Crippen LogP contribution in [0.3, 0.4) is 0 Å². The fourth-order valence-electron chi connectivity index (χ4n) is 1.74. The van der Waals surface area contributed by atoms with Gasteiger partial charge in [-0.1, -0.05) is 18.2 Å². The molecule has 9 nitrogen and oxygen atoms in total. The van der Waals surface area contributed by atoms with Crippen LogP contribution >= 0.6 is 0 Å². The van der Waals surface area contributed by atoms with Gasteiger partial charge in [0.1, 0.15) is 0 Å². The average Bonchev–Trinajstić information content (AvgIpc) is 2.38. The number of nitrogens with zero attached hydrogens (tertiary/aromatic N) is 1. The first kappa shape index (κ1) is 19.4. The first-order valence-corrected chi connectivity index (χ1v) is 8.08. The zero-order valence-electron chi connectivity index (χ0n) is 12.6. The Labute approximate surface area is 135 Å². The van der Waals surface area contributed by atoms with E-state index in [-0.39, 0.29) is 13.1 Å². The molecule has 1 saturated heterocycles. The van der Waals surface area contributed by atoms with Crippen LogP contribution in [0.2, 0.25) is 0 Å². The quantitative estimate of drug-likeness (QED) is 0.288. The molecule has 23 heavy (non-hydrogen) atoms. The SMILES string of the molecule is C=CCCC=CC(OS(=O)(=O)O)B1OC(=O)CN(C)CC(=O)O1. The van der Waals surface area contributed by atoms with E-state index < -0.39 is 35.5 Å². The lowest BCUT2D eigenvalue weighted by Gasteiger charge is -2.24. The van der Waals surface area contributed by atoms with Gasteiger partial charge in [0.25, 0.3) is 0 Å². The Morgan fingerprint density at radius 3 is 2.39 bits per heavy atom. The molecule has 1 atom stereocenters. The highest BCUT2D eigenvalue weighted by Crippen LogP contribution is 2.11. The van der Waals surface area contributed by atoms with Gasteiger partial charge in [-0.05, 0) is 19.9 Å². The molecule has 0 spiro atoms. The summed E-state index contributed by atoms with van der Waals surface area (Å²) in [6.07, 6.45) is 5.53. The van der Waals surface area contributed by atoms with Crippen LogP contribution in [0.1, 0.15) is 12.8 Å². The first-order chi connectivity index (χ1) is 10.7. The fraction of sp³-hybridized carbons (Fsp3) is 0.500. The van der Waals surface area contributed by atoms with Crippen molar-refractivity contribution >= 4 is 29.5 Å². The zero-order valence-corrected chi connectivity index (χ0v) is 13.4. The summed E-state index contributed by atoms with van der Waals surface area (Å²) in [7, 11) is -4.95. The maximum Gasteiger partial charge on any atom is 0.635 e. The van der Waals surface area contributed by atoms with E-state index in [1.165, 1.54) is 24.1 Å². The van der Waals surface area contributed by atoms with Gasteiger partial charge in [0.2, 0.25) is 0 Å². The third kappa shape index (κ3) is 7.93. The third-order valence-electron chi connectivity index (χ3n) is 2.66. The number of rotatable bonds is 7. The topological polar surface area (TPSA) is 119 Å². The summed E-state index contributed by atoms with van der Waals surface area (Å²) >= 11 is 0. The Bertz CT molecular complexity index is 556. The van der Waals surface area contributed by atoms with Crippen molar-refractivity contribution in [3.05, 3.63) is 24.8 Å². The minimum absolute atomic E-state index is 0.176. The maximum absolute atomic E-state index is 11.6. The number of hydrogen-bond acceptors (Lipinski definition) is 8. The van der Waals surface area contributed by atoms with E-state index in [0.29, 0.717) is 12.8 Å². The molecule has 0 aromatic heterocycles. The van der Waals surface area contributed by atoms with Crippen molar-refractivity contribution in [3.8, 4) is 0 Å². The summed E-state index contributed by atoms with van der Waals surface area (Å²) in [5.41, 5.74) is 0. The Morgan fingerprint density at radius 2 is 1.91 bits per heavy atom. The van der Waals surface area contributed by atoms with Crippen molar-refractivity contribution in [2.24, 2.45) is 0 Å². The highest BCUT2D eigenvalue weighted by molar-refractivity contribution is 7.81. The molecule has 0 saturated carbocycles. The van der Waals surface area contributed by atoms with Gasteiger partial charge in [0, 0.05) is 0 Å². The first-order valence-electron chi connectivity index (χ1n) is 6.72. The van der Waals surface area contributed by atoms with Crippen molar-refractivity contribution in [2.75, 3.05) is 20.1 Å². The predicted molar refractivity (Wildman–Crippen MR) is 80.4 cm³/mol. The molecule has 0 bridgehead atoms. The molecule has 1 unspecified atom stereocenters. The van der Waals surface area contributed by atoms with Gasteiger partial charge < -0.3 is 9.31 Å². The van der Waals surface area contributed by atoms with Crippen LogP contribution in [0.15, 0.2) is 24.8 Å². The second-order valence-electron chi connectivity index (χ2n) is 4.80. The molecule has 0 aromatic rings. The maximum atomic E-state index is 11.6. The molecule has 11 heteroatoms. The standard InChI is InChI=1S/C12H18BNO8S/c1-3-4-5-6-7-10(22-23(17,18)19)13-20-11(15)8-14(2)9-12(16)21-13/h3,6-7,10H,1,4-5,8-9H2,2H3,(H,17,18,19). The van der Waals surface area contributed by atoms with Gasteiger partial charge in [0.15, 0.2) is 6.00 Å². The molecular formula is C12H18BNO8S. The summed E-state index contributed by atoms with van der Waals surface area (Å²) in [4.78, 5) is 24.7. The number of carbonyl (C=O) groups excluding carboxylic acids is 2. The summed E-state index contributed by atoms with van der Waals surface area (Å²) in [6, 6.07) is -1.49. The molecule has 1 aliphatic heterocycles. The van der Waals surface area contributed by atoms with E-state index >= 15 is 0 Å². The highest BCUT2D eigenvalue weighted by atomic mass is 32.3. The van der Waals surface area contributed by atoms with E-state index in [1.54, 1.807) is 6.08 Å². The number of hydrogen-bond donors (Lipinski definition) is 1. The molecule has 1 rings (SSSR count). The zero-order chi connectivity index (χ0) is 17.5. The van der Waals surface area contributed by atoms with E-state index in [4.69, 9.17) is 13.9 Å². The lowest BCUT2D eigenvalue weighted by atomic mass is 9.80. The van der Waals surface area contributed by atoms with Crippen LogP contribution in [0.5, 0.6) is 0 Å². The van der Waals surface area contributed by atoms with Crippen LogP contribution in [0.25, 0.3) is 0 Å².